The fourth-order valence-electron chi connectivity index (χ4n) is 1.88. The second kappa shape index (κ2) is 3.55. The van der Waals surface area contributed by atoms with Crippen molar-refractivity contribution < 1.29 is 4.74 Å². The molecule has 0 spiro atoms. The van der Waals surface area contributed by atoms with Crippen molar-refractivity contribution in [3.8, 4) is 0 Å². The maximum absolute atomic E-state index is 5.72. The first-order chi connectivity index (χ1) is 6.66. The number of rotatable bonds is 2. The Morgan fingerprint density at radius 2 is 2.57 bits per heavy atom. The number of ether oxygens (including phenoxy) is 1. The van der Waals surface area contributed by atoms with Crippen molar-refractivity contribution in [2.24, 2.45) is 0 Å². The highest BCUT2D eigenvalue weighted by Crippen LogP contribution is 2.32. The summed E-state index contributed by atoms with van der Waals surface area (Å²) in [5, 5.41) is 0. The third kappa shape index (κ3) is 1.44. The molecule has 1 aromatic rings. The smallest absolute Gasteiger partial charge is 0.0955 e. The second-order valence-corrected chi connectivity index (χ2v) is 4.29. The number of hydrogen-bond acceptors (Lipinski definition) is 2. The summed E-state index contributed by atoms with van der Waals surface area (Å²) in [7, 11) is 0. The molecule has 1 fully saturated rings. The lowest BCUT2D eigenvalue weighted by atomic mass is 9.94. The van der Waals surface area contributed by atoms with Gasteiger partial charge in [0.15, 0.2) is 0 Å². The van der Waals surface area contributed by atoms with E-state index in [1.807, 2.05) is 12.5 Å². The van der Waals surface area contributed by atoms with Crippen molar-refractivity contribution in [1.82, 2.24) is 9.55 Å². The average Bonchev–Trinajstić information content (AvgIpc) is 2.75. The second-order valence-electron chi connectivity index (χ2n) is 4.03. The van der Waals surface area contributed by atoms with Crippen molar-refractivity contribution in [3.63, 3.8) is 0 Å². The zero-order valence-electron chi connectivity index (χ0n) is 8.53. The number of aromatic nitrogens is 2. The molecule has 0 N–H and O–H groups in total. The highest BCUT2D eigenvalue weighted by Gasteiger charge is 2.38. The maximum Gasteiger partial charge on any atom is 0.0955 e. The Bertz CT molecular complexity index is 326. The topological polar surface area (TPSA) is 27.1 Å². The van der Waals surface area contributed by atoms with Gasteiger partial charge < -0.3 is 9.30 Å². The first kappa shape index (κ1) is 9.99. The van der Waals surface area contributed by atoms with E-state index in [9.17, 15) is 0 Å². The Morgan fingerprint density at radius 3 is 3.07 bits per heavy atom. The lowest BCUT2D eigenvalue weighted by molar-refractivity contribution is 0.0759. The van der Waals surface area contributed by atoms with Gasteiger partial charge in [0.1, 0.15) is 0 Å². The Labute approximate surface area is 89.0 Å². The average molecular weight is 215 g/mol. The largest absolute Gasteiger partial charge is 0.376 e. The van der Waals surface area contributed by atoms with Crippen LogP contribution in [0.4, 0.5) is 0 Å². The summed E-state index contributed by atoms with van der Waals surface area (Å²) in [6, 6.07) is 0. The van der Waals surface area contributed by atoms with Crippen molar-refractivity contribution in [1.29, 1.82) is 0 Å². The Hall–Kier alpha value is -0.540. The van der Waals surface area contributed by atoms with E-state index in [-0.39, 0.29) is 11.6 Å². The summed E-state index contributed by atoms with van der Waals surface area (Å²) >= 11 is 5.72. The summed E-state index contributed by atoms with van der Waals surface area (Å²) in [5.41, 5.74) is 0.962. The fourth-order valence-corrected chi connectivity index (χ4v) is 2.01. The van der Waals surface area contributed by atoms with E-state index in [0.717, 1.165) is 18.7 Å². The summed E-state index contributed by atoms with van der Waals surface area (Å²) in [6.07, 6.45) is 5.13. The zero-order valence-corrected chi connectivity index (χ0v) is 9.29. The van der Waals surface area contributed by atoms with E-state index in [1.54, 1.807) is 0 Å². The van der Waals surface area contributed by atoms with Crippen LogP contribution in [-0.2, 0) is 16.2 Å². The van der Waals surface area contributed by atoms with Crippen LogP contribution in [0, 0.1) is 0 Å². The van der Waals surface area contributed by atoms with E-state index in [0.29, 0.717) is 5.88 Å². The van der Waals surface area contributed by atoms with Gasteiger partial charge in [-0.3, -0.25) is 0 Å². The number of nitrogens with zero attached hydrogens (tertiary/aromatic N) is 2. The van der Waals surface area contributed by atoms with Crippen LogP contribution < -0.4 is 0 Å². The van der Waals surface area contributed by atoms with Crippen LogP contribution in [0.15, 0.2) is 12.5 Å². The van der Waals surface area contributed by atoms with Crippen LogP contribution in [0.25, 0.3) is 0 Å². The lowest BCUT2D eigenvalue weighted by Crippen LogP contribution is -2.35. The molecule has 2 rings (SSSR count). The van der Waals surface area contributed by atoms with Crippen molar-refractivity contribution >= 4 is 11.6 Å². The molecule has 1 aromatic heterocycles. The quantitative estimate of drug-likeness (QED) is 0.706. The molecule has 0 saturated carbocycles. The first-order valence-corrected chi connectivity index (χ1v) is 5.41. The molecule has 2 atom stereocenters. The number of halogens is 1. The van der Waals surface area contributed by atoms with Crippen molar-refractivity contribution in [2.75, 3.05) is 6.61 Å². The van der Waals surface area contributed by atoms with E-state index >= 15 is 0 Å². The van der Waals surface area contributed by atoms with Crippen LogP contribution in [-0.4, -0.2) is 22.3 Å². The predicted octanol–water partition coefficient (Wildman–Crippen LogP) is 2.15. The van der Waals surface area contributed by atoms with Gasteiger partial charge in [-0.2, -0.15) is 0 Å². The summed E-state index contributed by atoms with van der Waals surface area (Å²) in [6.45, 7) is 5.13. The standard InChI is InChI=1S/C10H15ClN2O/c1-8-10(2,3-4-14-8)13-6-9(5-11)12-7-13/h6-8H,3-5H2,1-2H3. The molecule has 2 heterocycles. The Balaban J connectivity index is 2.28. The third-order valence-electron chi connectivity index (χ3n) is 3.21. The normalized spacial score (nSPS) is 32.4. The predicted molar refractivity (Wildman–Crippen MR) is 55.5 cm³/mol. The van der Waals surface area contributed by atoms with Gasteiger partial charge in [0.25, 0.3) is 0 Å². The van der Waals surface area contributed by atoms with Crippen LogP contribution in [0.2, 0.25) is 0 Å². The molecule has 3 nitrogen and oxygen atoms in total. The molecule has 14 heavy (non-hydrogen) atoms. The van der Waals surface area contributed by atoms with E-state index in [4.69, 9.17) is 16.3 Å². The molecule has 0 amide bonds. The van der Waals surface area contributed by atoms with Crippen LogP contribution in [0.5, 0.6) is 0 Å². The summed E-state index contributed by atoms with van der Waals surface area (Å²) < 4.78 is 7.71. The molecule has 1 aliphatic heterocycles. The molecule has 0 radical (unpaired) electrons. The summed E-state index contributed by atoms with van der Waals surface area (Å²) in [5.74, 6) is 0.471. The SMILES string of the molecule is CC1OCCC1(C)n1cnc(CCl)c1. The minimum Gasteiger partial charge on any atom is -0.376 e. The molecule has 78 valence electrons. The van der Waals surface area contributed by atoms with E-state index in [1.165, 1.54) is 0 Å². The number of hydrogen-bond donors (Lipinski definition) is 0. The van der Waals surface area contributed by atoms with Gasteiger partial charge >= 0.3 is 0 Å². The molecular formula is C10H15ClN2O. The molecule has 0 bridgehead atoms. The Morgan fingerprint density at radius 1 is 1.79 bits per heavy atom. The molecule has 4 heteroatoms. The summed E-state index contributed by atoms with van der Waals surface area (Å²) in [4.78, 5) is 4.23. The van der Waals surface area contributed by atoms with Crippen LogP contribution in [0.3, 0.4) is 0 Å². The fraction of sp³-hybridized carbons (Fsp3) is 0.700. The third-order valence-corrected chi connectivity index (χ3v) is 3.49. The van der Waals surface area contributed by atoms with Crippen LogP contribution in [0.1, 0.15) is 26.0 Å². The minimum atomic E-state index is 0.0390. The maximum atomic E-state index is 5.72. The van der Waals surface area contributed by atoms with Crippen LogP contribution >= 0.6 is 11.6 Å². The first-order valence-electron chi connectivity index (χ1n) is 4.88. The van der Waals surface area contributed by atoms with Gasteiger partial charge in [-0.1, -0.05) is 0 Å². The monoisotopic (exact) mass is 214 g/mol. The highest BCUT2D eigenvalue weighted by atomic mass is 35.5. The molecule has 0 aromatic carbocycles. The lowest BCUT2D eigenvalue weighted by Gasteiger charge is -2.29. The van der Waals surface area contributed by atoms with E-state index < -0.39 is 0 Å². The minimum absolute atomic E-state index is 0.0390. The van der Waals surface area contributed by atoms with Gasteiger partial charge in [-0.05, 0) is 20.3 Å². The van der Waals surface area contributed by atoms with E-state index in [2.05, 4.69) is 23.4 Å². The molecule has 2 unspecified atom stereocenters. The van der Waals surface area contributed by atoms with Gasteiger partial charge in [0, 0.05) is 12.8 Å². The highest BCUT2D eigenvalue weighted by molar-refractivity contribution is 6.16. The molecule has 1 aliphatic rings. The molecule has 0 aliphatic carbocycles. The number of imidazole rings is 1. The van der Waals surface area contributed by atoms with Gasteiger partial charge in [0.05, 0.1) is 29.5 Å². The van der Waals surface area contributed by atoms with Gasteiger partial charge in [-0.15, -0.1) is 11.6 Å². The molecular weight excluding hydrogens is 200 g/mol. The van der Waals surface area contributed by atoms with Gasteiger partial charge in [-0.25, -0.2) is 4.98 Å². The number of alkyl halides is 1. The van der Waals surface area contributed by atoms with Crippen molar-refractivity contribution in [3.05, 3.63) is 18.2 Å². The zero-order chi connectivity index (χ0) is 10.2. The van der Waals surface area contributed by atoms with Crippen molar-refractivity contribution in [2.45, 2.75) is 37.8 Å². The Kier molecular flexibility index (Phi) is 2.54. The molecule has 1 saturated heterocycles. The van der Waals surface area contributed by atoms with Gasteiger partial charge in [0.2, 0.25) is 0 Å².